The van der Waals surface area contributed by atoms with Crippen molar-refractivity contribution in [3.8, 4) is 0 Å². The Morgan fingerprint density at radius 1 is 1.45 bits per heavy atom. The van der Waals surface area contributed by atoms with Gasteiger partial charge in [0, 0.05) is 17.0 Å². The largest absolute Gasteiger partial charge is 0.349 e. The first-order chi connectivity index (χ1) is 8.77. The number of thiophene rings is 1. The molecule has 2 unspecified atom stereocenters. The van der Waals surface area contributed by atoms with Crippen LogP contribution >= 0.6 is 39.7 Å². The van der Waals surface area contributed by atoms with Gasteiger partial charge in [-0.25, -0.2) is 0 Å². The van der Waals surface area contributed by atoms with E-state index in [4.69, 9.17) is 5.73 Å². The summed E-state index contributed by atoms with van der Waals surface area (Å²) in [5.41, 5.74) is 5.50. The molecule has 0 saturated heterocycles. The van der Waals surface area contributed by atoms with Gasteiger partial charge in [0.25, 0.3) is 0 Å². The minimum Gasteiger partial charge on any atom is -0.349 e. The molecule has 1 aromatic heterocycles. The second kappa shape index (κ2) is 8.37. The molecule has 0 radical (unpaired) electrons. The van der Waals surface area contributed by atoms with E-state index in [1.54, 1.807) is 11.3 Å². The Morgan fingerprint density at radius 2 is 2.05 bits per heavy atom. The second-order valence-electron chi connectivity index (χ2n) is 5.72. The van der Waals surface area contributed by atoms with Gasteiger partial charge < -0.3 is 11.1 Å². The number of carbonyl (C=O) groups is 1. The maximum atomic E-state index is 12.3. The van der Waals surface area contributed by atoms with Crippen molar-refractivity contribution in [3.05, 3.63) is 20.8 Å². The first kappa shape index (κ1) is 19.9. The lowest BCUT2D eigenvalue weighted by molar-refractivity contribution is -0.124. The highest BCUT2D eigenvalue weighted by atomic mass is 79.9. The fourth-order valence-electron chi connectivity index (χ4n) is 2.18. The van der Waals surface area contributed by atoms with Gasteiger partial charge in [0.05, 0.1) is 9.70 Å². The molecule has 0 bridgehead atoms. The van der Waals surface area contributed by atoms with Crippen LogP contribution in [-0.4, -0.2) is 18.0 Å². The van der Waals surface area contributed by atoms with Crippen molar-refractivity contribution in [2.75, 3.05) is 6.54 Å². The Morgan fingerprint density at radius 3 is 2.45 bits per heavy atom. The van der Waals surface area contributed by atoms with Gasteiger partial charge in [0.2, 0.25) is 5.91 Å². The third-order valence-corrected chi connectivity index (χ3v) is 4.95. The van der Waals surface area contributed by atoms with E-state index in [0.717, 1.165) is 15.1 Å². The molecule has 0 aromatic carbocycles. The molecule has 1 amide bonds. The van der Waals surface area contributed by atoms with Crippen molar-refractivity contribution in [3.63, 3.8) is 0 Å². The van der Waals surface area contributed by atoms with Gasteiger partial charge >= 0.3 is 0 Å². The average Bonchev–Trinajstić information content (AvgIpc) is 2.73. The van der Waals surface area contributed by atoms with E-state index in [0.29, 0.717) is 12.5 Å². The molecular formula is C14H24BrClN2OS. The third kappa shape index (κ3) is 5.72. The van der Waals surface area contributed by atoms with Crippen LogP contribution in [0.4, 0.5) is 0 Å². The lowest BCUT2D eigenvalue weighted by atomic mass is 9.90. The van der Waals surface area contributed by atoms with Gasteiger partial charge in [0.1, 0.15) is 0 Å². The number of carbonyl (C=O) groups excluding carboxylic acids is 1. The summed E-state index contributed by atoms with van der Waals surface area (Å²) in [6, 6.07) is 3.96. The maximum Gasteiger partial charge on any atom is 0.228 e. The average molecular weight is 384 g/mol. The predicted molar refractivity (Wildman–Crippen MR) is 92.7 cm³/mol. The maximum absolute atomic E-state index is 12.3. The first-order valence-electron chi connectivity index (χ1n) is 6.55. The first-order valence-corrected chi connectivity index (χ1v) is 8.15. The normalized spacial score (nSPS) is 15.3. The molecule has 0 aliphatic carbocycles. The molecule has 1 aromatic rings. The monoisotopic (exact) mass is 382 g/mol. The molecule has 20 heavy (non-hydrogen) atoms. The molecular weight excluding hydrogens is 360 g/mol. The van der Waals surface area contributed by atoms with Crippen molar-refractivity contribution < 1.29 is 4.79 Å². The zero-order valence-electron chi connectivity index (χ0n) is 12.4. The van der Waals surface area contributed by atoms with Crippen molar-refractivity contribution >= 4 is 45.6 Å². The summed E-state index contributed by atoms with van der Waals surface area (Å²) in [5, 5.41) is 3.11. The molecule has 0 fully saturated rings. The Bertz CT molecular complexity index is 439. The van der Waals surface area contributed by atoms with E-state index >= 15 is 0 Å². The molecule has 116 valence electrons. The highest BCUT2D eigenvalue weighted by Crippen LogP contribution is 2.29. The Hall–Kier alpha value is -0.100. The number of amides is 1. The van der Waals surface area contributed by atoms with Crippen LogP contribution in [0.25, 0.3) is 0 Å². The van der Waals surface area contributed by atoms with Crippen LogP contribution in [0.15, 0.2) is 15.9 Å². The van der Waals surface area contributed by atoms with E-state index < -0.39 is 0 Å². The van der Waals surface area contributed by atoms with E-state index in [1.807, 2.05) is 26.0 Å². The molecule has 0 spiro atoms. The van der Waals surface area contributed by atoms with Crippen LogP contribution in [0.2, 0.25) is 0 Å². The molecule has 0 saturated carbocycles. The molecule has 3 N–H and O–H groups in total. The van der Waals surface area contributed by atoms with E-state index in [2.05, 4.69) is 35.1 Å². The minimum absolute atomic E-state index is 0. The van der Waals surface area contributed by atoms with Crippen LogP contribution in [0.3, 0.4) is 0 Å². The molecule has 1 heterocycles. The highest BCUT2D eigenvalue weighted by molar-refractivity contribution is 9.11. The zero-order chi connectivity index (χ0) is 14.6. The van der Waals surface area contributed by atoms with Crippen molar-refractivity contribution in [2.45, 2.75) is 45.6 Å². The summed E-state index contributed by atoms with van der Waals surface area (Å²) in [4.78, 5) is 13.4. The number of rotatable bonds is 6. The predicted octanol–water partition coefficient (Wildman–Crippen LogP) is 3.92. The fourth-order valence-corrected chi connectivity index (χ4v) is 3.66. The smallest absolute Gasteiger partial charge is 0.228 e. The van der Waals surface area contributed by atoms with Gasteiger partial charge in [-0.1, -0.05) is 13.8 Å². The topological polar surface area (TPSA) is 55.1 Å². The van der Waals surface area contributed by atoms with Gasteiger partial charge in [-0.05, 0) is 54.2 Å². The van der Waals surface area contributed by atoms with Crippen molar-refractivity contribution in [2.24, 2.45) is 11.7 Å². The number of hydrogen-bond acceptors (Lipinski definition) is 3. The van der Waals surface area contributed by atoms with Crippen molar-refractivity contribution in [1.82, 2.24) is 5.32 Å². The summed E-state index contributed by atoms with van der Waals surface area (Å²) < 4.78 is 1.05. The number of nitrogens with one attached hydrogen (secondary N) is 1. The van der Waals surface area contributed by atoms with E-state index in [1.165, 1.54) is 0 Å². The molecule has 6 heteroatoms. The standard InChI is InChI=1S/C14H23BrN2OS.ClH/c1-9(2)7-14(4,8-16)17-13(18)10(3)11-5-6-12(15)19-11;/h5-6,9-10H,7-8,16H2,1-4H3,(H,17,18);1H. The second-order valence-corrected chi connectivity index (χ2v) is 8.21. The van der Waals surface area contributed by atoms with Crippen LogP contribution in [0.5, 0.6) is 0 Å². The summed E-state index contributed by atoms with van der Waals surface area (Å²) in [7, 11) is 0. The molecule has 0 aliphatic rings. The van der Waals surface area contributed by atoms with Crippen molar-refractivity contribution in [1.29, 1.82) is 0 Å². The third-order valence-electron chi connectivity index (χ3n) is 3.15. The lowest BCUT2D eigenvalue weighted by Crippen LogP contribution is -2.53. The summed E-state index contributed by atoms with van der Waals surface area (Å²) >= 11 is 5.02. The van der Waals surface area contributed by atoms with E-state index in [-0.39, 0.29) is 29.8 Å². The SMILES string of the molecule is CC(C)CC(C)(CN)NC(=O)C(C)c1ccc(Br)s1.Cl. The Kier molecular flexibility index (Phi) is 8.33. The van der Waals surface area contributed by atoms with Gasteiger partial charge in [-0.15, -0.1) is 23.7 Å². The number of hydrogen-bond donors (Lipinski definition) is 2. The zero-order valence-corrected chi connectivity index (χ0v) is 15.6. The van der Waals surface area contributed by atoms with Crippen LogP contribution in [0, 0.1) is 5.92 Å². The summed E-state index contributed by atoms with van der Waals surface area (Å²) in [5.74, 6) is 0.400. The number of halogens is 2. The molecule has 3 nitrogen and oxygen atoms in total. The molecule has 2 atom stereocenters. The minimum atomic E-state index is -0.325. The number of nitrogens with two attached hydrogens (primary N) is 1. The van der Waals surface area contributed by atoms with Crippen LogP contribution in [-0.2, 0) is 4.79 Å². The lowest BCUT2D eigenvalue weighted by Gasteiger charge is -2.32. The quantitative estimate of drug-likeness (QED) is 0.782. The molecule has 0 aliphatic heterocycles. The summed E-state index contributed by atoms with van der Waals surface area (Å²) in [6.07, 6.45) is 0.885. The fraction of sp³-hybridized carbons (Fsp3) is 0.643. The van der Waals surface area contributed by atoms with Crippen LogP contribution < -0.4 is 11.1 Å². The van der Waals surface area contributed by atoms with Crippen LogP contribution in [0.1, 0.15) is 44.9 Å². The Labute approximate surface area is 140 Å². The summed E-state index contributed by atoms with van der Waals surface area (Å²) in [6.45, 7) is 8.68. The van der Waals surface area contributed by atoms with E-state index in [9.17, 15) is 4.79 Å². The molecule has 1 rings (SSSR count). The van der Waals surface area contributed by atoms with Gasteiger partial charge in [0.15, 0.2) is 0 Å². The van der Waals surface area contributed by atoms with Gasteiger partial charge in [-0.3, -0.25) is 4.79 Å². The van der Waals surface area contributed by atoms with Gasteiger partial charge in [-0.2, -0.15) is 0 Å². The highest BCUT2D eigenvalue weighted by Gasteiger charge is 2.28. The Balaban J connectivity index is 0.00000361.